The molecule has 0 aliphatic rings. The second-order valence-electron chi connectivity index (χ2n) is 4.45. The van der Waals surface area contributed by atoms with Crippen LogP contribution < -0.4 is 10.2 Å². The SMILES string of the molecule is CCNc1ccncc1C(=O)N(CC)c1ccccc1F. The molecule has 0 fully saturated rings. The van der Waals surface area contributed by atoms with E-state index in [0.717, 1.165) is 0 Å². The largest absolute Gasteiger partial charge is 0.385 e. The van der Waals surface area contributed by atoms with Gasteiger partial charge in [-0.15, -0.1) is 0 Å². The summed E-state index contributed by atoms with van der Waals surface area (Å²) in [5.41, 5.74) is 1.41. The fraction of sp³-hybridized carbons (Fsp3) is 0.250. The molecule has 2 aromatic rings. The fourth-order valence-electron chi connectivity index (χ4n) is 2.15. The van der Waals surface area contributed by atoms with Crippen molar-refractivity contribution in [1.82, 2.24) is 4.98 Å². The van der Waals surface area contributed by atoms with Crippen LogP contribution in [0.4, 0.5) is 15.8 Å². The minimum absolute atomic E-state index is 0.272. The number of rotatable bonds is 5. The minimum atomic E-state index is -0.415. The van der Waals surface area contributed by atoms with E-state index in [9.17, 15) is 9.18 Å². The van der Waals surface area contributed by atoms with Gasteiger partial charge in [0, 0.05) is 25.5 Å². The maximum atomic E-state index is 13.9. The van der Waals surface area contributed by atoms with Crippen LogP contribution in [-0.4, -0.2) is 24.0 Å². The fourth-order valence-corrected chi connectivity index (χ4v) is 2.15. The standard InChI is InChI=1S/C16H18FN3O/c1-3-19-14-9-10-18-11-12(14)16(21)20(4-2)15-8-6-5-7-13(15)17/h5-11H,3-4H2,1-2H3,(H,18,19). The molecule has 5 heteroatoms. The number of carbonyl (C=O) groups is 1. The van der Waals surface area contributed by atoms with E-state index in [2.05, 4.69) is 10.3 Å². The van der Waals surface area contributed by atoms with Gasteiger partial charge in [-0.05, 0) is 32.0 Å². The quantitative estimate of drug-likeness (QED) is 0.917. The Hall–Kier alpha value is -2.43. The van der Waals surface area contributed by atoms with E-state index >= 15 is 0 Å². The van der Waals surface area contributed by atoms with Crippen LogP contribution in [0.15, 0.2) is 42.7 Å². The summed E-state index contributed by atoms with van der Waals surface area (Å²) in [6, 6.07) is 8.00. The molecule has 0 radical (unpaired) electrons. The Morgan fingerprint density at radius 3 is 2.71 bits per heavy atom. The van der Waals surface area contributed by atoms with Gasteiger partial charge in [0.25, 0.3) is 5.91 Å². The molecule has 0 atom stereocenters. The number of pyridine rings is 1. The highest BCUT2D eigenvalue weighted by molar-refractivity contribution is 6.09. The van der Waals surface area contributed by atoms with E-state index < -0.39 is 5.82 Å². The Balaban J connectivity index is 2.40. The third-order valence-corrected chi connectivity index (χ3v) is 3.12. The summed E-state index contributed by atoms with van der Waals surface area (Å²) in [6.45, 7) is 4.83. The molecule has 4 nitrogen and oxygen atoms in total. The highest BCUT2D eigenvalue weighted by atomic mass is 19.1. The number of anilines is 2. The van der Waals surface area contributed by atoms with Crippen molar-refractivity contribution in [2.24, 2.45) is 0 Å². The summed E-state index contributed by atoms with van der Waals surface area (Å²) in [6.07, 6.45) is 3.12. The molecule has 0 bridgehead atoms. The van der Waals surface area contributed by atoms with Crippen molar-refractivity contribution >= 4 is 17.3 Å². The molecule has 0 saturated heterocycles. The first-order valence-corrected chi connectivity index (χ1v) is 6.93. The molecule has 110 valence electrons. The van der Waals surface area contributed by atoms with Gasteiger partial charge < -0.3 is 10.2 Å². The predicted octanol–water partition coefficient (Wildman–Crippen LogP) is 3.32. The maximum absolute atomic E-state index is 13.9. The zero-order valence-electron chi connectivity index (χ0n) is 12.1. The Morgan fingerprint density at radius 2 is 2.05 bits per heavy atom. The second kappa shape index (κ2) is 6.83. The van der Waals surface area contributed by atoms with Gasteiger partial charge >= 0.3 is 0 Å². The molecule has 1 amide bonds. The summed E-state index contributed by atoms with van der Waals surface area (Å²) >= 11 is 0. The van der Waals surface area contributed by atoms with Crippen molar-refractivity contribution in [2.75, 3.05) is 23.3 Å². The first kappa shape index (κ1) is 15.0. The third-order valence-electron chi connectivity index (χ3n) is 3.12. The van der Waals surface area contributed by atoms with Gasteiger partial charge in [0.15, 0.2) is 0 Å². The van der Waals surface area contributed by atoms with E-state index in [4.69, 9.17) is 0 Å². The molecule has 21 heavy (non-hydrogen) atoms. The number of nitrogens with zero attached hydrogens (tertiary/aromatic N) is 2. The van der Waals surface area contributed by atoms with Crippen molar-refractivity contribution in [3.05, 3.63) is 54.1 Å². The van der Waals surface area contributed by atoms with Gasteiger partial charge in [-0.2, -0.15) is 0 Å². The molecule has 2 rings (SSSR count). The third kappa shape index (κ3) is 3.18. The molecule has 0 aliphatic heterocycles. The molecule has 0 unspecified atom stereocenters. The maximum Gasteiger partial charge on any atom is 0.262 e. The first-order chi connectivity index (χ1) is 10.2. The van der Waals surface area contributed by atoms with E-state index in [1.54, 1.807) is 30.5 Å². The lowest BCUT2D eigenvalue weighted by molar-refractivity contribution is 0.0988. The second-order valence-corrected chi connectivity index (χ2v) is 4.45. The van der Waals surface area contributed by atoms with Crippen LogP contribution in [0.2, 0.25) is 0 Å². The van der Waals surface area contributed by atoms with Crippen molar-refractivity contribution in [1.29, 1.82) is 0 Å². The van der Waals surface area contributed by atoms with Crippen LogP contribution >= 0.6 is 0 Å². The molecule has 1 heterocycles. The zero-order valence-corrected chi connectivity index (χ0v) is 12.1. The van der Waals surface area contributed by atoms with Crippen molar-refractivity contribution < 1.29 is 9.18 Å². The Kier molecular flexibility index (Phi) is 4.87. The Morgan fingerprint density at radius 1 is 1.29 bits per heavy atom. The number of carbonyl (C=O) groups excluding carboxylic acids is 1. The van der Waals surface area contributed by atoms with E-state index in [1.165, 1.54) is 17.2 Å². The van der Waals surface area contributed by atoms with Crippen molar-refractivity contribution in [2.45, 2.75) is 13.8 Å². The number of nitrogens with one attached hydrogen (secondary N) is 1. The van der Waals surface area contributed by atoms with Gasteiger partial charge in [-0.3, -0.25) is 9.78 Å². The van der Waals surface area contributed by atoms with Crippen molar-refractivity contribution in [3.63, 3.8) is 0 Å². The lowest BCUT2D eigenvalue weighted by Crippen LogP contribution is -2.32. The molecule has 1 aromatic heterocycles. The monoisotopic (exact) mass is 287 g/mol. The molecular weight excluding hydrogens is 269 g/mol. The smallest absolute Gasteiger partial charge is 0.262 e. The summed E-state index contributed by atoms with van der Waals surface area (Å²) in [5.74, 6) is -0.687. The molecule has 0 aliphatic carbocycles. The molecule has 0 saturated carbocycles. The number of para-hydroxylation sites is 1. The van der Waals surface area contributed by atoms with Gasteiger partial charge in [0.2, 0.25) is 0 Å². The lowest BCUT2D eigenvalue weighted by Gasteiger charge is -2.22. The van der Waals surface area contributed by atoms with Crippen LogP contribution in [0.25, 0.3) is 0 Å². The molecule has 1 aromatic carbocycles. The summed E-state index contributed by atoms with van der Waals surface area (Å²) < 4.78 is 13.9. The number of amides is 1. The van der Waals surface area contributed by atoms with E-state index in [1.807, 2.05) is 13.8 Å². The van der Waals surface area contributed by atoms with Crippen LogP contribution in [0.1, 0.15) is 24.2 Å². The normalized spacial score (nSPS) is 10.2. The topological polar surface area (TPSA) is 45.2 Å². The van der Waals surface area contributed by atoms with Crippen molar-refractivity contribution in [3.8, 4) is 0 Å². The Bertz CT molecular complexity index is 630. The average molecular weight is 287 g/mol. The molecular formula is C16H18FN3O. The number of hydrogen-bond acceptors (Lipinski definition) is 3. The molecule has 1 N–H and O–H groups in total. The lowest BCUT2D eigenvalue weighted by atomic mass is 10.1. The van der Waals surface area contributed by atoms with Gasteiger partial charge in [-0.1, -0.05) is 12.1 Å². The van der Waals surface area contributed by atoms with Crippen LogP contribution in [0.5, 0.6) is 0 Å². The number of benzene rings is 1. The van der Waals surface area contributed by atoms with Gasteiger partial charge in [0.1, 0.15) is 5.82 Å². The first-order valence-electron chi connectivity index (χ1n) is 6.93. The summed E-state index contributed by atoms with van der Waals surface area (Å²) in [5, 5.41) is 3.12. The highest BCUT2D eigenvalue weighted by Gasteiger charge is 2.21. The summed E-state index contributed by atoms with van der Waals surface area (Å²) in [7, 11) is 0. The van der Waals surface area contributed by atoms with E-state index in [0.29, 0.717) is 24.3 Å². The van der Waals surface area contributed by atoms with Gasteiger partial charge in [0.05, 0.1) is 16.9 Å². The average Bonchev–Trinajstić information content (AvgIpc) is 2.50. The van der Waals surface area contributed by atoms with Crippen LogP contribution in [0, 0.1) is 5.82 Å². The van der Waals surface area contributed by atoms with Crippen LogP contribution in [-0.2, 0) is 0 Å². The predicted molar refractivity (Wildman–Crippen MR) is 82.2 cm³/mol. The van der Waals surface area contributed by atoms with Gasteiger partial charge in [-0.25, -0.2) is 4.39 Å². The number of halogens is 1. The van der Waals surface area contributed by atoms with Crippen LogP contribution in [0.3, 0.4) is 0 Å². The Labute approximate surface area is 123 Å². The zero-order chi connectivity index (χ0) is 15.2. The summed E-state index contributed by atoms with van der Waals surface area (Å²) in [4.78, 5) is 18.1. The highest BCUT2D eigenvalue weighted by Crippen LogP contribution is 2.23. The van der Waals surface area contributed by atoms with E-state index in [-0.39, 0.29) is 11.6 Å². The minimum Gasteiger partial charge on any atom is -0.385 e. The number of aromatic nitrogens is 1. The molecule has 0 spiro atoms. The number of hydrogen-bond donors (Lipinski definition) is 1.